The Labute approximate surface area is 133 Å². The zero-order valence-electron chi connectivity index (χ0n) is 13.5. The first-order chi connectivity index (χ1) is 10.4. The summed E-state index contributed by atoms with van der Waals surface area (Å²) >= 11 is 0. The minimum Gasteiger partial charge on any atom is -0.450 e. The van der Waals surface area contributed by atoms with Gasteiger partial charge in [0.25, 0.3) is 10.2 Å². The lowest BCUT2D eigenvalue weighted by molar-refractivity contribution is 0.141. The minimum absolute atomic E-state index is 0.176. The van der Waals surface area contributed by atoms with Gasteiger partial charge in [-0.25, -0.2) is 4.79 Å². The molecule has 0 aliphatic carbocycles. The molecule has 128 valence electrons. The summed E-state index contributed by atoms with van der Waals surface area (Å²) < 4.78 is 33.5. The molecule has 2 aliphatic heterocycles. The van der Waals surface area contributed by atoms with Crippen molar-refractivity contribution in [2.24, 2.45) is 5.92 Å². The molecule has 22 heavy (non-hydrogen) atoms. The average molecular weight is 333 g/mol. The Balaban J connectivity index is 1.97. The van der Waals surface area contributed by atoms with Crippen LogP contribution >= 0.6 is 0 Å². The number of nitrogens with zero attached hydrogens (tertiary/aromatic N) is 2. The van der Waals surface area contributed by atoms with E-state index < -0.39 is 16.3 Å². The Morgan fingerprint density at radius 2 is 1.82 bits per heavy atom. The lowest BCUT2D eigenvalue weighted by Crippen LogP contribution is -2.54. The van der Waals surface area contributed by atoms with Crippen LogP contribution in [0, 0.1) is 5.92 Å². The third-order valence-electron chi connectivity index (χ3n) is 4.25. The van der Waals surface area contributed by atoms with Gasteiger partial charge in [0.2, 0.25) is 0 Å². The van der Waals surface area contributed by atoms with Crippen molar-refractivity contribution in [3.63, 3.8) is 0 Å². The third-order valence-corrected chi connectivity index (χ3v) is 6.22. The summed E-state index contributed by atoms with van der Waals surface area (Å²) in [5, 5.41) is 2.75. The lowest BCUT2D eigenvalue weighted by atomic mass is 10.0. The summed E-state index contributed by atoms with van der Waals surface area (Å²) in [7, 11) is -3.42. The van der Waals surface area contributed by atoms with Crippen molar-refractivity contribution in [1.29, 1.82) is 0 Å². The number of amides is 1. The summed E-state index contributed by atoms with van der Waals surface area (Å²) in [6.07, 6.45) is 3.05. The smallest absolute Gasteiger partial charge is 0.407 e. The van der Waals surface area contributed by atoms with Crippen LogP contribution in [-0.4, -0.2) is 61.9 Å². The van der Waals surface area contributed by atoms with Gasteiger partial charge < -0.3 is 10.1 Å². The first-order valence-electron chi connectivity index (χ1n) is 8.12. The van der Waals surface area contributed by atoms with Gasteiger partial charge in [0.05, 0.1) is 6.61 Å². The molecule has 0 aromatic carbocycles. The second-order valence-corrected chi connectivity index (χ2v) is 8.10. The molecule has 2 fully saturated rings. The number of hydrogen-bond acceptors (Lipinski definition) is 4. The molecule has 0 aromatic rings. The zero-order valence-corrected chi connectivity index (χ0v) is 14.3. The highest BCUT2D eigenvalue weighted by Crippen LogP contribution is 2.23. The normalized spacial score (nSPS) is 28.3. The molecule has 0 unspecified atom stereocenters. The van der Waals surface area contributed by atoms with Gasteiger partial charge in [0, 0.05) is 32.2 Å². The topological polar surface area (TPSA) is 79.0 Å². The summed E-state index contributed by atoms with van der Waals surface area (Å²) in [4.78, 5) is 11.5. The highest BCUT2D eigenvalue weighted by molar-refractivity contribution is 7.86. The molecule has 1 amide bonds. The molecule has 2 atom stereocenters. The van der Waals surface area contributed by atoms with Crippen molar-refractivity contribution in [1.82, 2.24) is 13.9 Å². The van der Waals surface area contributed by atoms with E-state index in [1.54, 1.807) is 11.2 Å². The predicted octanol–water partition coefficient (Wildman–Crippen LogP) is 1.17. The summed E-state index contributed by atoms with van der Waals surface area (Å²) in [6.45, 7) is 6.18. The number of carbonyl (C=O) groups is 1. The number of hydrogen-bond donors (Lipinski definition) is 1. The molecular weight excluding hydrogens is 306 g/mol. The molecule has 0 bridgehead atoms. The van der Waals surface area contributed by atoms with Gasteiger partial charge in [-0.2, -0.15) is 17.0 Å². The maximum Gasteiger partial charge on any atom is 0.407 e. The van der Waals surface area contributed by atoms with Crippen LogP contribution in [0.25, 0.3) is 0 Å². The van der Waals surface area contributed by atoms with E-state index in [0.29, 0.717) is 38.7 Å². The fraction of sp³-hybridized carbons (Fsp3) is 0.929. The maximum atomic E-state index is 12.8. The number of rotatable bonds is 4. The van der Waals surface area contributed by atoms with E-state index in [-0.39, 0.29) is 6.04 Å². The summed E-state index contributed by atoms with van der Waals surface area (Å²) in [6, 6.07) is -0.176. The van der Waals surface area contributed by atoms with Crippen LogP contribution < -0.4 is 5.32 Å². The predicted molar refractivity (Wildman–Crippen MR) is 83.6 cm³/mol. The maximum absolute atomic E-state index is 12.8. The molecular formula is C14H27N3O4S. The van der Waals surface area contributed by atoms with Crippen LogP contribution in [0.5, 0.6) is 0 Å². The second-order valence-electron chi connectivity index (χ2n) is 6.18. The molecule has 0 aromatic heterocycles. The third kappa shape index (κ3) is 4.33. The van der Waals surface area contributed by atoms with E-state index in [4.69, 9.17) is 4.74 Å². The first-order valence-corrected chi connectivity index (χ1v) is 9.51. The van der Waals surface area contributed by atoms with Crippen LogP contribution in [0.3, 0.4) is 0 Å². The Hall–Kier alpha value is -0.860. The van der Waals surface area contributed by atoms with Crippen LogP contribution in [0.1, 0.15) is 39.5 Å². The molecule has 2 heterocycles. The zero-order chi connectivity index (χ0) is 16.2. The van der Waals surface area contributed by atoms with E-state index in [1.807, 2.05) is 0 Å². The van der Waals surface area contributed by atoms with Crippen LogP contribution in [-0.2, 0) is 14.9 Å². The Morgan fingerprint density at radius 1 is 1.18 bits per heavy atom. The molecule has 7 nitrogen and oxygen atoms in total. The van der Waals surface area contributed by atoms with Crippen LogP contribution in [0.4, 0.5) is 4.79 Å². The monoisotopic (exact) mass is 333 g/mol. The highest BCUT2D eigenvalue weighted by atomic mass is 32.2. The quantitative estimate of drug-likeness (QED) is 0.838. The molecule has 0 radical (unpaired) electrons. The van der Waals surface area contributed by atoms with E-state index in [9.17, 15) is 13.2 Å². The number of ether oxygens (including phenoxy) is 1. The molecule has 1 N–H and O–H groups in total. The van der Waals surface area contributed by atoms with Crippen molar-refractivity contribution < 1.29 is 17.9 Å². The van der Waals surface area contributed by atoms with Gasteiger partial charge in [-0.3, -0.25) is 0 Å². The van der Waals surface area contributed by atoms with Crippen molar-refractivity contribution in [2.45, 2.75) is 45.6 Å². The van der Waals surface area contributed by atoms with E-state index >= 15 is 0 Å². The van der Waals surface area contributed by atoms with Crippen LogP contribution in [0.15, 0.2) is 0 Å². The molecule has 0 spiro atoms. The number of nitrogens with one attached hydrogen (secondary N) is 1. The summed E-state index contributed by atoms with van der Waals surface area (Å²) in [5.41, 5.74) is 0. The average Bonchev–Trinajstić information content (AvgIpc) is 2.47. The van der Waals surface area contributed by atoms with Crippen molar-refractivity contribution >= 4 is 16.3 Å². The largest absolute Gasteiger partial charge is 0.450 e. The molecule has 2 saturated heterocycles. The molecule has 8 heteroatoms. The van der Waals surface area contributed by atoms with E-state index in [2.05, 4.69) is 12.2 Å². The van der Waals surface area contributed by atoms with Crippen molar-refractivity contribution in [3.05, 3.63) is 0 Å². The number of piperidine rings is 2. The van der Waals surface area contributed by atoms with Crippen molar-refractivity contribution in [3.8, 4) is 0 Å². The number of carbonyl (C=O) groups excluding carboxylic acids is 1. The fourth-order valence-electron chi connectivity index (χ4n) is 3.13. The van der Waals surface area contributed by atoms with Gasteiger partial charge in [-0.05, 0) is 38.5 Å². The van der Waals surface area contributed by atoms with E-state index in [0.717, 1.165) is 25.7 Å². The first kappa shape index (κ1) is 17.5. The fourth-order valence-corrected chi connectivity index (χ4v) is 4.99. The van der Waals surface area contributed by atoms with Gasteiger partial charge >= 0.3 is 6.09 Å². The SMILES string of the molecule is CCOC(=O)N[C@H]1CCCN(S(=O)(=O)N2CCC[C@@H](C)C2)C1. The number of alkyl carbamates (subject to hydrolysis) is 1. The van der Waals surface area contributed by atoms with Gasteiger partial charge in [0.15, 0.2) is 0 Å². The molecule has 0 saturated carbocycles. The van der Waals surface area contributed by atoms with E-state index in [1.165, 1.54) is 4.31 Å². The minimum atomic E-state index is -3.42. The lowest BCUT2D eigenvalue weighted by Gasteiger charge is -2.38. The highest BCUT2D eigenvalue weighted by Gasteiger charge is 2.35. The Kier molecular flexibility index (Phi) is 6.05. The van der Waals surface area contributed by atoms with Gasteiger partial charge in [0.1, 0.15) is 0 Å². The van der Waals surface area contributed by atoms with Gasteiger partial charge in [-0.15, -0.1) is 0 Å². The van der Waals surface area contributed by atoms with Crippen LogP contribution in [0.2, 0.25) is 0 Å². The Morgan fingerprint density at radius 3 is 2.45 bits per heavy atom. The van der Waals surface area contributed by atoms with Crippen molar-refractivity contribution in [2.75, 3.05) is 32.8 Å². The Bertz CT molecular complexity index is 482. The molecule has 2 aliphatic rings. The van der Waals surface area contributed by atoms with Gasteiger partial charge in [-0.1, -0.05) is 6.92 Å². The second kappa shape index (κ2) is 7.61. The molecule has 2 rings (SSSR count). The summed E-state index contributed by atoms with van der Waals surface area (Å²) in [5.74, 6) is 0.404. The standard InChI is InChI=1S/C14H27N3O4S/c1-3-21-14(18)15-13-7-5-9-17(11-13)22(19,20)16-8-4-6-12(2)10-16/h12-13H,3-11H2,1-2H3,(H,15,18)/t12-,13+/m1/s1.